The number of ether oxygens (including phenoxy) is 1. The minimum atomic E-state index is -3.64. The monoisotopic (exact) mass is 273 g/mol. The first-order chi connectivity index (χ1) is 8.32. The highest BCUT2D eigenvalue weighted by atomic mass is 32.2. The van der Waals surface area contributed by atoms with E-state index in [1.807, 2.05) is 0 Å². The van der Waals surface area contributed by atoms with Crippen LogP contribution in [0.1, 0.15) is 13.8 Å². The van der Waals surface area contributed by atoms with Crippen molar-refractivity contribution in [3.05, 3.63) is 18.3 Å². The molecular formula is C11H19N3O3S. The van der Waals surface area contributed by atoms with Crippen LogP contribution < -0.4 is 10.0 Å². The van der Waals surface area contributed by atoms with Crippen LogP contribution in [0.5, 0.6) is 0 Å². The molecule has 1 aromatic rings. The predicted octanol–water partition coefficient (Wildman–Crippen LogP) is 0.827. The maximum absolute atomic E-state index is 12.3. The van der Waals surface area contributed by atoms with Gasteiger partial charge in [-0.3, -0.25) is 0 Å². The Morgan fingerprint density at radius 3 is 2.67 bits per heavy atom. The Morgan fingerprint density at radius 1 is 1.44 bits per heavy atom. The Labute approximate surface area is 108 Å². The van der Waals surface area contributed by atoms with Crippen LogP contribution in [0.2, 0.25) is 0 Å². The number of hydrogen-bond donors (Lipinski definition) is 2. The molecule has 0 radical (unpaired) electrons. The van der Waals surface area contributed by atoms with Crippen LogP contribution in [0, 0.1) is 0 Å². The summed E-state index contributed by atoms with van der Waals surface area (Å²) in [5.74, 6) is 0.318. The number of rotatable bonds is 6. The number of nitrogens with zero attached hydrogens (tertiary/aromatic N) is 1. The lowest BCUT2D eigenvalue weighted by atomic mass is 10.1. The Kier molecular flexibility index (Phi) is 4.66. The van der Waals surface area contributed by atoms with Crippen molar-refractivity contribution < 1.29 is 13.2 Å². The third kappa shape index (κ3) is 3.66. The third-order valence-corrected chi connectivity index (χ3v) is 3.94. The van der Waals surface area contributed by atoms with Crippen molar-refractivity contribution in [3.63, 3.8) is 0 Å². The smallest absolute Gasteiger partial charge is 0.244 e. The number of pyridine rings is 1. The Bertz CT molecular complexity index is 500. The van der Waals surface area contributed by atoms with Gasteiger partial charge >= 0.3 is 0 Å². The van der Waals surface area contributed by atoms with E-state index < -0.39 is 15.6 Å². The van der Waals surface area contributed by atoms with E-state index >= 15 is 0 Å². The summed E-state index contributed by atoms with van der Waals surface area (Å²) < 4.78 is 32.1. The molecule has 1 rings (SSSR count). The van der Waals surface area contributed by atoms with E-state index in [9.17, 15) is 8.42 Å². The lowest BCUT2D eigenvalue weighted by molar-refractivity contribution is 0.141. The van der Waals surface area contributed by atoms with E-state index in [-0.39, 0.29) is 11.5 Å². The zero-order valence-corrected chi connectivity index (χ0v) is 11.8. The summed E-state index contributed by atoms with van der Waals surface area (Å²) in [5, 5.41) is 2.76. The van der Waals surface area contributed by atoms with E-state index in [1.165, 1.54) is 19.4 Å². The summed E-state index contributed by atoms with van der Waals surface area (Å²) in [7, 11) is -0.484. The van der Waals surface area contributed by atoms with Crippen molar-refractivity contribution in [2.24, 2.45) is 0 Å². The molecular weight excluding hydrogens is 254 g/mol. The summed E-state index contributed by atoms with van der Waals surface area (Å²) >= 11 is 0. The minimum absolute atomic E-state index is 0.122. The molecule has 0 saturated heterocycles. The van der Waals surface area contributed by atoms with Crippen LogP contribution in [-0.2, 0) is 14.8 Å². The quantitative estimate of drug-likeness (QED) is 0.802. The van der Waals surface area contributed by atoms with Crippen LogP contribution in [0.4, 0.5) is 5.82 Å². The van der Waals surface area contributed by atoms with E-state index in [2.05, 4.69) is 15.0 Å². The van der Waals surface area contributed by atoms with Crippen molar-refractivity contribution in [1.82, 2.24) is 9.71 Å². The molecule has 7 heteroatoms. The van der Waals surface area contributed by atoms with Gasteiger partial charge in [0.05, 0.1) is 12.1 Å². The second-order valence-corrected chi connectivity index (χ2v) is 6.17. The summed E-state index contributed by atoms with van der Waals surface area (Å²) in [6, 6.07) is 3.09. The highest BCUT2D eigenvalue weighted by Crippen LogP contribution is 2.19. The summed E-state index contributed by atoms with van der Waals surface area (Å²) in [6.07, 6.45) is 1.53. The SMILES string of the molecule is CNc1ncccc1S(=O)(=O)NC(C)(C)COC. The van der Waals surface area contributed by atoms with Crippen molar-refractivity contribution in [2.45, 2.75) is 24.3 Å². The first-order valence-electron chi connectivity index (χ1n) is 5.48. The minimum Gasteiger partial charge on any atom is -0.383 e. The fraction of sp³-hybridized carbons (Fsp3) is 0.545. The molecule has 0 aliphatic rings. The molecule has 2 N–H and O–H groups in total. The number of hydrogen-bond acceptors (Lipinski definition) is 5. The highest BCUT2D eigenvalue weighted by molar-refractivity contribution is 7.89. The predicted molar refractivity (Wildman–Crippen MR) is 70.1 cm³/mol. The molecule has 0 saturated carbocycles. The van der Waals surface area contributed by atoms with Gasteiger partial charge in [-0.1, -0.05) is 0 Å². The largest absolute Gasteiger partial charge is 0.383 e. The molecule has 0 unspecified atom stereocenters. The highest BCUT2D eigenvalue weighted by Gasteiger charge is 2.28. The lowest BCUT2D eigenvalue weighted by Crippen LogP contribution is -2.46. The average Bonchev–Trinajstić information content (AvgIpc) is 2.27. The average molecular weight is 273 g/mol. The summed E-state index contributed by atoms with van der Waals surface area (Å²) in [6.45, 7) is 3.79. The molecule has 6 nitrogen and oxygen atoms in total. The molecule has 102 valence electrons. The standard InChI is InChI=1S/C11H19N3O3S/c1-11(2,8-17-4)14-18(15,16)9-6-5-7-13-10(9)12-3/h5-7,14H,8H2,1-4H3,(H,12,13). The molecule has 0 spiro atoms. The molecule has 0 amide bonds. The maximum Gasteiger partial charge on any atom is 0.244 e. The van der Waals surface area contributed by atoms with Gasteiger partial charge in [0.15, 0.2) is 0 Å². The van der Waals surface area contributed by atoms with Gasteiger partial charge in [-0.2, -0.15) is 0 Å². The van der Waals surface area contributed by atoms with E-state index in [0.29, 0.717) is 5.82 Å². The van der Waals surface area contributed by atoms with Crippen molar-refractivity contribution in [3.8, 4) is 0 Å². The first kappa shape index (κ1) is 14.9. The van der Waals surface area contributed by atoms with Gasteiger partial charge < -0.3 is 10.1 Å². The maximum atomic E-state index is 12.3. The van der Waals surface area contributed by atoms with Crippen LogP contribution in [-0.4, -0.2) is 39.7 Å². The number of sulfonamides is 1. The van der Waals surface area contributed by atoms with Crippen molar-refractivity contribution in [2.75, 3.05) is 26.1 Å². The van der Waals surface area contributed by atoms with Gasteiger partial charge in [0.1, 0.15) is 10.7 Å². The van der Waals surface area contributed by atoms with Gasteiger partial charge in [0.2, 0.25) is 10.0 Å². The molecule has 0 aliphatic carbocycles. The fourth-order valence-electron chi connectivity index (χ4n) is 1.60. The van der Waals surface area contributed by atoms with Gasteiger partial charge in [0.25, 0.3) is 0 Å². The van der Waals surface area contributed by atoms with Crippen LogP contribution in [0.25, 0.3) is 0 Å². The molecule has 1 aromatic heterocycles. The van der Waals surface area contributed by atoms with Crippen LogP contribution in [0.3, 0.4) is 0 Å². The Morgan fingerprint density at radius 2 is 2.11 bits per heavy atom. The number of nitrogens with one attached hydrogen (secondary N) is 2. The van der Waals surface area contributed by atoms with Gasteiger partial charge in [-0.15, -0.1) is 0 Å². The lowest BCUT2D eigenvalue weighted by Gasteiger charge is -2.25. The molecule has 0 bridgehead atoms. The number of aromatic nitrogens is 1. The fourth-order valence-corrected chi connectivity index (χ4v) is 3.17. The Hall–Kier alpha value is -1.18. The van der Waals surface area contributed by atoms with E-state index in [1.54, 1.807) is 27.0 Å². The first-order valence-corrected chi connectivity index (χ1v) is 6.96. The van der Waals surface area contributed by atoms with Crippen LogP contribution in [0.15, 0.2) is 23.2 Å². The summed E-state index contributed by atoms with van der Waals surface area (Å²) in [4.78, 5) is 4.10. The zero-order chi connectivity index (χ0) is 13.8. The number of methoxy groups -OCH3 is 1. The zero-order valence-electron chi connectivity index (χ0n) is 11.0. The molecule has 0 aromatic carbocycles. The molecule has 0 atom stereocenters. The summed E-state index contributed by atoms with van der Waals surface area (Å²) in [5.41, 5.74) is -0.686. The van der Waals surface area contributed by atoms with Gasteiger partial charge in [0, 0.05) is 20.4 Å². The molecule has 1 heterocycles. The third-order valence-electron chi connectivity index (χ3n) is 2.21. The van der Waals surface area contributed by atoms with Gasteiger partial charge in [-0.25, -0.2) is 18.1 Å². The van der Waals surface area contributed by atoms with Crippen molar-refractivity contribution >= 4 is 15.8 Å². The van der Waals surface area contributed by atoms with Gasteiger partial charge in [-0.05, 0) is 26.0 Å². The topological polar surface area (TPSA) is 80.3 Å². The second kappa shape index (κ2) is 5.64. The van der Waals surface area contributed by atoms with E-state index in [0.717, 1.165) is 0 Å². The molecule has 0 fully saturated rings. The van der Waals surface area contributed by atoms with Crippen molar-refractivity contribution in [1.29, 1.82) is 0 Å². The van der Waals surface area contributed by atoms with E-state index in [4.69, 9.17) is 4.74 Å². The second-order valence-electron chi connectivity index (χ2n) is 4.52. The normalized spacial score (nSPS) is 12.4. The Balaban J connectivity index is 3.07. The molecule has 0 aliphatic heterocycles. The molecule has 18 heavy (non-hydrogen) atoms. The van der Waals surface area contributed by atoms with Crippen LogP contribution >= 0.6 is 0 Å². The number of anilines is 1.